The van der Waals surface area contributed by atoms with E-state index < -0.39 is 0 Å². The molecule has 1 aromatic rings. The van der Waals surface area contributed by atoms with Crippen LogP contribution in [0.4, 0.5) is 0 Å². The Bertz CT molecular complexity index is 398. The smallest absolute Gasteiger partial charge is 0.121 e. The quantitative estimate of drug-likeness (QED) is 0.886. The fraction of sp³-hybridized carbons (Fsp3) is 0.417. The highest BCUT2D eigenvalue weighted by atomic mass is 35.5. The number of hydrogen-bond donors (Lipinski definition) is 1. The topological polar surface area (TPSA) is 35.8 Å². The van der Waals surface area contributed by atoms with Crippen molar-refractivity contribution >= 4 is 23.2 Å². The Hall–Kier alpha value is -0.750. The first kappa shape index (κ1) is 13.3. The van der Waals surface area contributed by atoms with E-state index in [-0.39, 0.29) is 6.04 Å². The van der Waals surface area contributed by atoms with Gasteiger partial charge < -0.3 is 0 Å². The van der Waals surface area contributed by atoms with Crippen LogP contribution in [0.15, 0.2) is 18.2 Å². The van der Waals surface area contributed by atoms with Gasteiger partial charge in [0.05, 0.1) is 16.1 Å². The Labute approximate surface area is 106 Å². The zero-order valence-corrected chi connectivity index (χ0v) is 10.8. The maximum Gasteiger partial charge on any atom is 0.121 e. The van der Waals surface area contributed by atoms with Gasteiger partial charge in [-0.05, 0) is 31.0 Å². The van der Waals surface area contributed by atoms with Gasteiger partial charge in [0.15, 0.2) is 0 Å². The van der Waals surface area contributed by atoms with Crippen LogP contribution in [0.1, 0.15) is 31.9 Å². The van der Waals surface area contributed by atoms with Crippen molar-refractivity contribution in [1.82, 2.24) is 5.32 Å². The van der Waals surface area contributed by atoms with Gasteiger partial charge in [0, 0.05) is 6.04 Å². The zero-order chi connectivity index (χ0) is 12.1. The number of nitrogens with one attached hydrogen (secondary N) is 1. The van der Waals surface area contributed by atoms with E-state index in [9.17, 15) is 0 Å². The van der Waals surface area contributed by atoms with Crippen LogP contribution >= 0.6 is 23.2 Å². The molecule has 0 radical (unpaired) electrons. The van der Waals surface area contributed by atoms with E-state index in [0.717, 1.165) is 12.0 Å². The van der Waals surface area contributed by atoms with E-state index in [0.29, 0.717) is 16.1 Å². The highest BCUT2D eigenvalue weighted by Crippen LogP contribution is 2.25. The lowest BCUT2D eigenvalue weighted by Gasteiger charge is -2.17. The average Bonchev–Trinajstić information content (AvgIpc) is 2.29. The summed E-state index contributed by atoms with van der Waals surface area (Å²) in [5.74, 6) is 0. The molecule has 0 bridgehead atoms. The second-order valence-corrected chi connectivity index (χ2v) is 4.53. The summed E-state index contributed by atoms with van der Waals surface area (Å²) in [7, 11) is 0. The highest BCUT2D eigenvalue weighted by Gasteiger charge is 2.13. The Morgan fingerprint density at radius 3 is 2.56 bits per heavy atom. The number of nitrogens with zero attached hydrogens (tertiary/aromatic N) is 1. The summed E-state index contributed by atoms with van der Waals surface area (Å²) in [5.41, 5.74) is 0.845. The van der Waals surface area contributed by atoms with Gasteiger partial charge in [-0.15, -0.1) is 0 Å². The van der Waals surface area contributed by atoms with E-state index in [2.05, 4.69) is 18.3 Å². The van der Waals surface area contributed by atoms with Crippen LogP contribution in [0.5, 0.6) is 0 Å². The molecule has 1 aromatic carbocycles. The molecule has 2 atom stereocenters. The number of benzene rings is 1. The van der Waals surface area contributed by atoms with E-state index in [1.807, 2.05) is 13.0 Å². The van der Waals surface area contributed by atoms with Crippen molar-refractivity contribution in [3.05, 3.63) is 33.8 Å². The lowest BCUT2D eigenvalue weighted by Crippen LogP contribution is -2.29. The van der Waals surface area contributed by atoms with Crippen molar-refractivity contribution in [3.63, 3.8) is 0 Å². The Kier molecular flexibility index (Phi) is 5.08. The average molecular weight is 257 g/mol. The molecule has 0 saturated heterocycles. The van der Waals surface area contributed by atoms with Crippen LogP contribution in [-0.2, 0) is 0 Å². The number of halogens is 2. The third-order valence-corrected chi connectivity index (χ3v) is 3.21. The fourth-order valence-electron chi connectivity index (χ4n) is 1.30. The molecular weight excluding hydrogens is 243 g/mol. The van der Waals surface area contributed by atoms with Gasteiger partial charge in [-0.2, -0.15) is 5.26 Å². The summed E-state index contributed by atoms with van der Waals surface area (Å²) >= 11 is 11.7. The van der Waals surface area contributed by atoms with Crippen LogP contribution in [-0.4, -0.2) is 6.04 Å². The van der Waals surface area contributed by atoms with Crippen LogP contribution < -0.4 is 5.32 Å². The lowest BCUT2D eigenvalue weighted by atomic mass is 10.1. The normalized spacial score (nSPS) is 14.2. The molecule has 2 nitrogen and oxygen atoms in total. The van der Waals surface area contributed by atoms with E-state index >= 15 is 0 Å². The van der Waals surface area contributed by atoms with Gasteiger partial charge in [0.2, 0.25) is 0 Å². The molecule has 0 spiro atoms. The van der Waals surface area contributed by atoms with Crippen LogP contribution in [0.2, 0.25) is 10.0 Å². The summed E-state index contributed by atoms with van der Waals surface area (Å²) in [4.78, 5) is 0. The highest BCUT2D eigenvalue weighted by molar-refractivity contribution is 6.42. The lowest BCUT2D eigenvalue weighted by molar-refractivity contribution is 0.501. The van der Waals surface area contributed by atoms with E-state index in [1.54, 1.807) is 12.1 Å². The van der Waals surface area contributed by atoms with Crippen LogP contribution in [0.25, 0.3) is 0 Å². The van der Waals surface area contributed by atoms with E-state index in [1.165, 1.54) is 0 Å². The van der Waals surface area contributed by atoms with Gasteiger partial charge in [0.25, 0.3) is 0 Å². The molecular formula is C12H14Cl2N2. The van der Waals surface area contributed by atoms with Gasteiger partial charge in [-0.1, -0.05) is 36.2 Å². The van der Waals surface area contributed by atoms with E-state index in [4.69, 9.17) is 28.5 Å². The summed E-state index contributed by atoms with van der Waals surface area (Å²) in [5, 5.41) is 13.3. The fourth-order valence-corrected chi connectivity index (χ4v) is 1.61. The molecule has 86 valence electrons. The second-order valence-electron chi connectivity index (χ2n) is 3.71. The van der Waals surface area contributed by atoms with Gasteiger partial charge in [0.1, 0.15) is 6.04 Å². The van der Waals surface area contributed by atoms with Crippen LogP contribution in [0, 0.1) is 11.3 Å². The maximum atomic E-state index is 9.10. The molecule has 0 aliphatic carbocycles. The summed E-state index contributed by atoms with van der Waals surface area (Å²) in [6.45, 7) is 4.11. The summed E-state index contributed by atoms with van der Waals surface area (Å²) in [6.07, 6.45) is 0.972. The molecule has 0 saturated carbocycles. The minimum atomic E-state index is -0.343. The molecule has 0 fully saturated rings. The summed E-state index contributed by atoms with van der Waals surface area (Å²) in [6, 6.07) is 7.42. The van der Waals surface area contributed by atoms with Gasteiger partial charge in [-0.3, -0.25) is 5.32 Å². The van der Waals surface area contributed by atoms with Crippen molar-refractivity contribution in [2.75, 3.05) is 0 Å². The number of rotatable bonds is 4. The monoisotopic (exact) mass is 256 g/mol. The largest absolute Gasteiger partial charge is 0.296 e. The van der Waals surface area contributed by atoms with Crippen molar-refractivity contribution in [3.8, 4) is 6.07 Å². The minimum Gasteiger partial charge on any atom is -0.296 e. The Morgan fingerprint density at radius 1 is 1.38 bits per heavy atom. The minimum absolute atomic E-state index is 0.291. The Balaban J connectivity index is 2.88. The molecule has 0 aliphatic heterocycles. The molecule has 0 aromatic heterocycles. The molecule has 1 rings (SSSR count). The molecule has 0 heterocycles. The molecule has 4 heteroatoms. The van der Waals surface area contributed by atoms with Crippen molar-refractivity contribution in [2.45, 2.75) is 32.4 Å². The first-order chi connectivity index (χ1) is 7.58. The first-order valence-corrected chi connectivity index (χ1v) is 5.94. The van der Waals surface area contributed by atoms with Gasteiger partial charge >= 0.3 is 0 Å². The number of nitriles is 1. The van der Waals surface area contributed by atoms with Crippen molar-refractivity contribution in [2.24, 2.45) is 0 Å². The van der Waals surface area contributed by atoms with Crippen molar-refractivity contribution < 1.29 is 0 Å². The second kappa shape index (κ2) is 6.10. The SMILES string of the molecule is CCC(C)NC(C#N)c1ccc(Cl)c(Cl)c1. The molecule has 2 unspecified atom stereocenters. The van der Waals surface area contributed by atoms with Gasteiger partial charge in [-0.25, -0.2) is 0 Å². The first-order valence-electron chi connectivity index (χ1n) is 5.19. The molecule has 0 amide bonds. The van der Waals surface area contributed by atoms with Crippen LogP contribution in [0.3, 0.4) is 0 Å². The third kappa shape index (κ3) is 3.38. The van der Waals surface area contributed by atoms with Crippen molar-refractivity contribution in [1.29, 1.82) is 5.26 Å². The maximum absolute atomic E-state index is 9.10. The zero-order valence-electron chi connectivity index (χ0n) is 9.30. The standard InChI is InChI=1S/C12H14Cl2N2/c1-3-8(2)16-12(7-15)9-4-5-10(13)11(14)6-9/h4-6,8,12,16H,3H2,1-2H3. The number of hydrogen-bond acceptors (Lipinski definition) is 2. The predicted molar refractivity (Wildman–Crippen MR) is 67.7 cm³/mol. The predicted octanol–water partition coefficient (Wildman–Crippen LogP) is 3.95. The molecule has 16 heavy (non-hydrogen) atoms. The third-order valence-electron chi connectivity index (χ3n) is 2.47. The molecule has 1 N–H and O–H groups in total. The Morgan fingerprint density at radius 2 is 2.06 bits per heavy atom. The summed E-state index contributed by atoms with van der Waals surface area (Å²) < 4.78 is 0. The molecule has 0 aliphatic rings.